The molecule has 1 rings (SSSR count). The summed E-state index contributed by atoms with van der Waals surface area (Å²) in [7, 11) is 3.62. The Balaban J connectivity index is 2.82. The Bertz CT molecular complexity index is 276. The summed E-state index contributed by atoms with van der Waals surface area (Å²) in [6, 6.07) is -0.484. The highest BCUT2D eigenvalue weighted by Crippen LogP contribution is 2.19. The number of rotatable bonds is 4. The first-order valence-corrected chi connectivity index (χ1v) is 5.74. The van der Waals surface area contributed by atoms with E-state index >= 15 is 0 Å². The van der Waals surface area contributed by atoms with Crippen LogP contribution < -0.4 is 5.32 Å². The Morgan fingerprint density at radius 1 is 1.50 bits per heavy atom. The smallest absolute Gasteiger partial charge is 0.254 e. The molecule has 16 heavy (non-hydrogen) atoms. The molecule has 1 fully saturated rings. The Morgan fingerprint density at radius 3 is 2.56 bits per heavy atom. The average Bonchev–Trinajstić information content (AvgIpc) is 2.61. The molecule has 0 bridgehead atoms. The number of ketones is 1. The van der Waals surface area contributed by atoms with E-state index in [9.17, 15) is 9.59 Å². The summed E-state index contributed by atoms with van der Waals surface area (Å²) in [5.74, 6) is 0.0499. The lowest BCUT2D eigenvalue weighted by Gasteiger charge is -2.31. The molecule has 0 radical (unpaired) electrons. The molecular weight excluding hydrogens is 206 g/mol. The van der Waals surface area contributed by atoms with Gasteiger partial charge in [0, 0.05) is 13.6 Å². The number of hydrogen-bond donors (Lipinski definition) is 1. The van der Waals surface area contributed by atoms with Crippen LogP contribution in [0, 0.1) is 0 Å². The molecule has 0 saturated carbocycles. The topological polar surface area (TPSA) is 52.7 Å². The minimum absolute atomic E-state index is 0.00907. The van der Waals surface area contributed by atoms with Crippen LogP contribution in [0.15, 0.2) is 0 Å². The fourth-order valence-corrected chi connectivity index (χ4v) is 2.14. The lowest BCUT2D eigenvalue weighted by molar-refractivity contribution is -0.151. The van der Waals surface area contributed by atoms with Crippen LogP contribution in [0.3, 0.4) is 0 Å². The van der Waals surface area contributed by atoms with Gasteiger partial charge in [-0.2, -0.15) is 0 Å². The number of hydrazine groups is 1. The predicted molar refractivity (Wildman–Crippen MR) is 61.7 cm³/mol. The van der Waals surface area contributed by atoms with Crippen LogP contribution in [0.4, 0.5) is 0 Å². The zero-order valence-corrected chi connectivity index (χ0v) is 10.5. The summed E-state index contributed by atoms with van der Waals surface area (Å²) in [4.78, 5) is 23.7. The number of carbonyl (C=O) groups excluding carboxylic acids is 2. The first-order chi connectivity index (χ1) is 7.52. The molecule has 2 unspecified atom stereocenters. The zero-order chi connectivity index (χ0) is 12.3. The van der Waals surface area contributed by atoms with Crippen LogP contribution in [-0.2, 0) is 9.59 Å². The molecule has 1 N–H and O–H groups in total. The fraction of sp³-hybridized carbons (Fsp3) is 0.818. The highest BCUT2D eigenvalue weighted by atomic mass is 16.2. The average molecular weight is 227 g/mol. The highest BCUT2D eigenvalue weighted by molar-refractivity contribution is 5.89. The van der Waals surface area contributed by atoms with E-state index in [0.717, 1.165) is 19.4 Å². The van der Waals surface area contributed by atoms with Gasteiger partial charge < -0.3 is 5.32 Å². The SMILES string of the molecule is CCC(NC)C(=O)N1C(C(C)=O)CCN1C. The van der Waals surface area contributed by atoms with Crippen LogP contribution in [0.1, 0.15) is 26.7 Å². The first-order valence-electron chi connectivity index (χ1n) is 5.74. The molecule has 0 aromatic rings. The van der Waals surface area contributed by atoms with E-state index in [-0.39, 0.29) is 23.8 Å². The van der Waals surface area contributed by atoms with Crippen LogP contribution in [0.2, 0.25) is 0 Å². The molecule has 1 aliphatic rings. The number of nitrogens with one attached hydrogen (secondary N) is 1. The van der Waals surface area contributed by atoms with Crippen LogP contribution in [0.25, 0.3) is 0 Å². The Kier molecular flexibility index (Phi) is 4.44. The number of nitrogens with zero attached hydrogens (tertiary/aromatic N) is 2. The fourth-order valence-electron chi connectivity index (χ4n) is 2.14. The third-order valence-corrected chi connectivity index (χ3v) is 3.14. The maximum absolute atomic E-state index is 12.2. The maximum Gasteiger partial charge on any atom is 0.254 e. The largest absolute Gasteiger partial charge is 0.309 e. The van der Waals surface area contributed by atoms with E-state index in [0.29, 0.717) is 0 Å². The number of amides is 1. The van der Waals surface area contributed by atoms with Crippen LogP contribution in [-0.4, -0.2) is 54.4 Å². The van der Waals surface area contributed by atoms with Crippen LogP contribution in [0.5, 0.6) is 0 Å². The lowest BCUT2D eigenvalue weighted by atomic mass is 10.1. The Hall–Kier alpha value is -0.940. The van der Waals surface area contributed by atoms with Crippen LogP contribution >= 0.6 is 0 Å². The van der Waals surface area contributed by atoms with Gasteiger partial charge in [-0.3, -0.25) is 14.6 Å². The molecule has 1 aliphatic heterocycles. The first kappa shape index (κ1) is 13.1. The van der Waals surface area contributed by atoms with Crippen molar-refractivity contribution < 1.29 is 9.59 Å². The van der Waals surface area contributed by atoms with Gasteiger partial charge in [-0.1, -0.05) is 6.92 Å². The molecule has 2 atom stereocenters. The predicted octanol–water partition coefficient (Wildman–Crippen LogP) is 0.0211. The van der Waals surface area contributed by atoms with Crippen molar-refractivity contribution in [2.45, 2.75) is 38.8 Å². The van der Waals surface area contributed by atoms with Crippen molar-refractivity contribution >= 4 is 11.7 Å². The number of likely N-dealkylation sites (N-methyl/N-ethyl adjacent to an activating group) is 1. The van der Waals surface area contributed by atoms with E-state index in [1.54, 1.807) is 19.0 Å². The van der Waals surface area contributed by atoms with Gasteiger partial charge in [-0.15, -0.1) is 0 Å². The Labute approximate surface area is 96.7 Å². The monoisotopic (exact) mass is 227 g/mol. The minimum atomic E-state index is -0.278. The number of hydrogen-bond acceptors (Lipinski definition) is 4. The molecule has 1 saturated heterocycles. The van der Waals surface area contributed by atoms with Gasteiger partial charge in [0.1, 0.15) is 6.04 Å². The van der Waals surface area contributed by atoms with Crippen molar-refractivity contribution in [3.8, 4) is 0 Å². The van der Waals surface area contributed by atoms with Crippen molar-refractivity contribution in [2.75, 3.05) is 20.6 Å². The van der Waals surface area contributed by atoms with Crippen molar-refractivity contribution in [1.29, 1.82) is 0 Å². The standard InChI is InChI=1S/C11H21N3O2/c1-5-9(12-3)11(16)14-10(8(2)15)6-7-13(14)4/h9-10,12H,5-7H2,1-4H3. The second-order valence-corrected chi connectivity index (χ2v) is 4.23. The number of Topliss-reactive ketones (excluding diaryl/α,β-unsaturated/α-hetero) is 1. The molecule has 1 amide bonds. The van der Waals surface area contributed by atoms with Crippen molar-refractivity contribution in [3.63, 3.8) is 0 Å². The molecule has 0 aliphatic carbocycles. The van der Waals surface area contributed by atoms with E-state index in [1.807, 2.05) is 19.0 Å². The van der Waals surface area contributed by atoms with Gasteiger partial charge in [0.15, 0.2) is 5.78 Å². The number of carbonyl (C=O) groups is 2. The summed E-state index contributed by atoms with van der Waals surface area (Å²) in [6.07, 6.45) is 1.46. The summed E-state index contributed by atoms with van der Waals surface area (Å²) >= 11 is 0. The van der Waals surface area contributed by atoms with Gasteiger partial charge in [0.2, 0.25) is 0 Å². The van der Waals surface area contributed by atoms with E-state index in [1.165, 1.54) is 0 Å². The summed E-state index contributed by atoms with van der Waals surface area (Å²) in [6.45, 7) is 4.26. The molecule has 1 heterocycles. The molecule has 0 aromatic carbocycles. The van der Waals surface area contributed by atoms with E-state index in [4.69, 9.17) is 0 Å². The quantitative estimate of drug-likeness (QED) is 0.735. The Morgan fingerprint density at radius 2 is 2.12 bits per heavy atom. The third-order valence-electron chi connectivity index (χ3n) is 3.14. The third kappa shape index (κ3) is 2.41. The molecule has 5 nitrogen and oxygen atoms in total. The summed E-state index contributed by atoms with van der Waals surface area (Å²) < 4.78 is 0. The van der Waals surface area contributed by atoms with Gasteiger partial charge in [-0.05, 0) is 26.8 Å². The van der Waals surface area contributed by atoms with E-state index < -0.39 is 0 Å². The van der Waals surface area contributed by atoms with Crippen molar-refractivity contribution in [1.82, 2.24) is 15.3 Å². The van der Waals surface area contributed by atoms with Gasteiger partial charge >= 0.3 is 0 Å². The maximum atomic E-state index is 12.2. The van der Waals surface area contributed by atoms with E-state index in [2.05, 4.69) is 5.32 Å². The second kappa shape index (κ2) is 5.41. The minimum Gasteiger partial charge on any atom is -0.309 e. The van der Waals surface area contributed by atoms with Gasteiger partial charge in [0.25, 0.3) is 5.91 Å². The van der Waals surface area contributed by atoms with Crippen molar-refractivity contribution in [3.05, 3.63) is 0 Å². The molecule has 5 heteroatoms. The molecule has 0 aromatic heterocycles. The normalized spacial score (nSPS) is 23.5. The summed E-state index contributed by atoms with van der Waals surface area (Å²) in [5.41, 5.74) is 0. The molecule has 92 valence electrons. The molecular formula is C11H21N3O2. The lowest BCUT2D eigenvalue weighted by Crippen LogP contribution is -2.53. The van der Waals surface area contributed by atoms with Gasteiger partial charge in [0.05, 0.1) is 6.04 Å². The summed E-state index contributed by atoms with van der Waals surface area (Å²) in [5, 5.41) is 6.43. The van der Waals surface area contributed by atoms with Crippen molar-refractivity contribution in [2.24, 2.45) is 0 Å². The molecule has 0 spiro atoms. The van der Waals surface area contributed by atoms with Gasteiger partial charge in [-0.25, -0.2) is 5.01 Å². The highest BCUT2D eigenvalue weighted by Gasteiger charge is 2.38. The second-order valence-electron chi connectivity index (χ2n) is 4.23. The zero-order valence-electron chi connectivity index (χ0n) is 10.5.